The quantitative estimate of drug-likeness (QED) is 0.820. The Kier molecular flexibility index (Phi) is 3.84. The third-order valence-electron chi connectivity index (χ3n) is 3.06. The molecule has 16 heavy (non-hydrogen) atoms. The molecule has 1 aromatic heterocycles. The molecule has 5 nitrogen and oxygen atoms in total. The van der Waals surface area contributed by atoms with Crippen molar-refractivity contribution >= 4 is 17.4 Å². The average Bonchev–Trinajstić information content (AvgIpc) is 2.83. The van der Waals surface area contributed by atoms with Crippen molar-refractivity contribution in [2.24, 2.45) is 0 Å². The minimum absolute atomic E-state index is 0.0957. The molecule has 2 rings (SSSR count). The predicted molar refractivity (Wildman–Crippen MR) is 62.5 cm³/mol. The van der Waals surface area contributed by atoms with Crippen LogP contribution >= 0.6 is 11.5 Å². The Morgan fingerprint density at radius 3 is 2.62 bits per heavy atom. The van der Waals surface area contributed by atoms with Crippen LogP contribution in [0.3, 0.4) is 0 Å². The van der Waals surface area contributed by atoms with E-state index >= 15 is 0 Å². The number of aromatic nitrogens is 2. The fourth-order valence-electron chi connectivity index (χ4n) is 2.05. The van der Waals surface area contributed by atoms with Crippen LogP contribution in [0.1, 0.15) is 36.2 Å². The van der Waals surface area contributed by atoms with Gasteiger partial charge in [-0.25, -0.2) is 0 Å². The van der Waals surface area contributed by atoms with E-state index in [1.165, 1.54) is 11.5 Å². The molecule has 0 atom stereocenters. The Hall–Kier alpha value is -1.01. The van der Waals surface area contributed by atoms with Gasteiger partial charge in [0.25, 0.3) is 5.91 Å². The van der Waals surface area contributed by atoms with E-state index in [0.717, 1.165) is 25.7 Å². The number of amides is 1. The molecule has 1 aromatic rings. The highest BCUT2D eigenvalue weighted by Crippen LogP contribution is 2.18. The Labute approximate surface area is 98.8 Å². The van der Waals surface area contributed by atoms with E-state index in [1.807, 2.05) is 7.05 Å². The van der Waals surface area contributed by atoms with E-state index in [-0.39, 0.29) is 5.91 Å². The van der Waals surface area contributed by atoms with E-state index in [0.29, 0.717) is 17.8 Å². The van der Waals surface area contributed by atoms with Gasteiger partial charge in [0.1, 0.15) is 0 Å². The molecule has 1 saturated carbocycles. The van der Waals surface area contributed by atoms with E-state index in [1.54, 1.807) is 5.38 Å². The molecule has 1 heterocycles. The number of carbonyl (C=O) groups excluding carboxylic acids is 1. The first kappa shape index (κ1) is 11.5. The van der Waals surface area contributed by atoms with E-state index in [4.69, 9.17) is 0 Å². The smallest absolute Gasteiger partial charge is 0.272 e. The van der Waals surface area contributed by atoms with Gasteiger partial charge < -0.3 is 10.6 Å². The Balaban J connectivity index is 1.81. The van der Waals surface area contributed by atoms with Crippen LogP contribution in [0.25, 0.3) is 0 Å². The molecule has 0 aromatic carbocycles. The molecule has 2 N–H and O–H groups in total. The lowest BCUT2D eigenvalue weighted by atomic mass is 9.91. The summed E-state index contributed by atoms with van der Waals surface area (Å²) in [7, 11) is 1.99. The van der Waals surface area contributed by atoms with Crippen molar-refractivity contribution in [3.05, 3.63) is 11.1 Å². The van der Waals surface area contributed by atoms with Crippen molar-refractivity contribution < 1.29 is 4.79 Å². The van der Waals surface area contributed by atoms with Crippen LogP contribution in [0.5, 0.6) is 0 Å². The van der Waals surface area contributed by atoms with Crippen LogP contribution in [0, 0.1) is 0 Å². The fraction of sp³-hybridized carbons (Fsp3) is 0.700. The molecular formula is C10H16N4OS. The van der Waals surface area contributed by atoms with Gasteiger partial charge in [-0.2, -0.15) is 0 Å². The molecule has 6 heteroatoms. The third kappa shape index (κ3) is 2.76. The Morgan fingerprint density at radius 2 is 2.06 bits per heavy atom. The van der Waals surface area contributed by atoms with Gasteiger partial charge in [-0.1, -0.05) is 4.49 Å². The molecule has 0 aliphatic heterocycles. The minimum Gasteiger partial charge on any atom is -0.348 e. The monoisotopic (exact) mass is 240 g/mol. The van der Waals surface area contributed by atoms with E-state index in [2.05, 4.69) is 20.2 Å². The van der Waals surface area contributed by atoms with Crippen LogP contribution in [0.2, 0.25) is 0 Å². The third-order valence-corrected chi connectivity index (χ3v) is 3.57. The standard InChI is InChI=1S/C10H16N4OS/c1-11-7-2-4-8(5-3-7)12-10(15)9-6-16-14-13-9/h6-8,11H,2-5H2,1H3,(H,12,15). The fourth-order valence-corrected chi connectivity index (χ4v) is 2.49. The molecule has 0 saturated heterocycles. The molecule has 88 valence electrons. The van der Waals surface area contributed by atoms with Crippen molar-refractivity contribution in [1.29, 1.82) is 0 Å². The van der Waals surface area contributed by atoms with Gasteiger partial charge in [-0.15, -0.1) is 5.10 Å². The highest BCUT2D eigenvalue weighted by Gasteiger charge is 2.22. The summed E-state index contributed by atoms with van der Waals surface area (Å²) in [6, 6.07) is 0.896. The summed E-state index contributed by atoms with van der Waals surface area (Å²) in [6.45, 7) is 0. The predicted octanol–water partition coefficient (Wildman–Crippen LogP) is 0.798. The molecule has 0 bridgehead atoms. The van der Waals surface area contributed by atoms with Crippen LogP contribution in [0.15, 0.2) is 5.38 Å². The second-order valence-corrected chi connectivity index (χ2v) is 4.71. The second-order valence-electron chi connectivity index (χ2n) is 4.10. The molecule has 1 fully saturated rings. The highest BCUT2D eigenvalue weighted by atomic mass is 32.1. The van der Waals surface area contributed by atoms with Crippen LogP contribution in [-0.4, -0.2) is 34.6 Å². The summed E-state index contributed by atoms with van der Waals surface area (Å²) in [4.78, 5) is 11.7. The zero-order valence-electron chi connectivity index (χ0n) is 9.27. The average molecular weight is 240 g/mol. The first-order chi connectivity index (χ1) is 7.79. The van der Waals surface area contributed by atoms with Gasteiger partial charge >= 0.3 is 0 Å². The van der Waals surface area contributed by atoms with Crippen LogP contribution in [-0.2, 0) is 0 Å². The topological polar surface area (TPSA) is 66.9 Å². The largest absolute Gasteiger partial charge is 0.348 e. The first-order valence-corrected chi connectivity index (χ1v) is 6.38. The summed E-state index contributed by atoms with van der Waals surface area (Å²) < 4.78 is 3.68. The van der Waals surface area contributed by atoms with Crippen molar-refractivity contribution in [2.45, 2.75) is 37.8 Å². The number of rotatable bonds is 3. The highest BCUT2D eigenvalue weighted by molar-refractivity contribution is 7.03. The number of carbonyl (C=O) groups is 1. The summed E-state index contributed by atoms with van der Waals surface area (Å²) in [5.74, 6) is -0.0957. The van der Waals surface area contributed by atoms with Crippen molar-refractivity contribution in [3.63, 3.8) is 0 Å². The summed E-state index contributed by atoms with van der Waals surface area (Å²) in [5, 5.41) is 11.7. The number of hydrogen-bond donors (Lipinski definition) is 2. The van der Waals surface area contributed by atoms with Crippen LogP contribution < -0.4 is 10.6 Å². The van der Waals surface area contributed by atoms with Gasteiger partial charge in [-0.3, -0.25) is 4.79 Å². The van der Waals surface area contributed by atoms with Gasteiger partial charge in [-0.05, 0) is 44.3 Å². The van der Waals surface area contributed by atoms with Gasteiger partial charge in [0, 0.05) is 17.5 Å². The van der Waals surface area contributed by atoms with Gasteiger partial charge in [0.15, 0.2) is 5.69 Å². The van der Waals surface area contributed by atoms with E-state index in [9.17, 15) is 4.79 Å². The first-order valence-electron chi connectivity index (χ1n) is 5.55. The van der Waals surface area contributed by atoms with Gasteiger partial charge in [0.05, 0.1) is 0 Å². The number of hydrogen-bond acceptors (Lipinski definition) is 5. The maximum atomic E-state index is 11.7. The lowest BCUT2D eigenvalue weighted by molar-refractivity contribution is 0.0919. The maximum Gasteiger partial charge on any atom is 0.272 e. The summed E-state index contributed by atoms with van der Waals surface area (Å²) >= 11 is 1.20. The summed E-state index contributed by atoms with van der Waals surface area (Å²) in [6.07, 6.45) is 4.32. The van der Waals surface area contributed by atoms with Crippen LogP contribution in [0.4, 0.5) is 0 Å². The Morgan fingerprint density at radius 1 is 1.38 bits per heavy atom. The van der Waals surface area contributed by atoms with Crippen molar-refractivity contribution in [1.82, 2.24) is 20.2 Å². The van der Waals surface area contributed by atoms with Crippen molar-refractivity contribution in [2.75, 3.05) is 7.05 Å². The molecular weight excluding hydrogens is 224 g/mol. The number of nitrogens with one attached hydrogen (secondary N) is 2. The molecule has 1 aliphatic rings. The molecule has 0 spiro atoms. The van der Waals surface area contributed by atoms with Crippen molar-refractivity contribution in [3.8, 4) is 0 Å². The lowest BCUT2D eigenvalue weighted by Crippen LogP contribution is -2.41. The molecule has 0 unspecified atom stereocenters. The van der Waals surface area contributed by atoms with Gasteiger partial charge in [0.2, 0.25) is 0 Å². The zero-order valence-corrected chi connectivity index (χ0v) is 10.1. The number of nitrogens with zero attached hydrogens (tertiary/aromatic N) is 2. The lowest BCUT2D eigenvalue weighted by Gasteiger charge is -2.28. The Bertz CT molecular complexity index is 333. The van der Waals surface area contributed by atoms with E-state index < -0.39 is 0 Å². The SMILES string of the molecule is CNC1CCC(NC(=O)c2csnn2)CC1. The second kappa shape index (κ2) is 5.36. The zero-order chi connectivity index (χ0) is 11.4. The normalized spacial score (nSPS) is 25.3. The summed E-state index contributed by atoms with van der Waals surface area (Å²) in [5.41, 5.74) is 0.431. The maximum absolute atomic E-state index is 11.7. The minimum atomic E-state index is -0.0957. The molecule has 0 radical (unpaired) electrons. The molecule has 1 aliphatic carbocycles. The molecule has 1 amide bonds.